The first-order chi connectivity index (χ1) is 15.3. The Balaban J connectivity index is 1.56. The molecule has 0 saturated heterocycles. The molecule has 7 heteroatoms. The van der Waals surface area contributed by atoms with E-state index in [-0.39, 0.29) is 12.5 Å². The van der Waals surface area contributed by atoms with Crippen LogP contribution in [0.5, 0.6) is 0 Å². The van der Waals surface area contributed by atoms with Crippen LogP contribution in [0.1, 0.15) is 31.9 Å². The smallest absolute Gasteiger partial charge is 0.408 e. The van der Waals surface area contributed by atoms with E-state index >= 15 is 0 Å². The van der Waals surface area contributed by atoms with Gasteiger partial charge in [0.1, 0.15) is 11.6 Å². The third-order valence-corrected chi connectivity index (χ3v) is 4.77. The van der Waals surface area contributed by atoms with Crippen molar-refractivity contribution in [2.24, 2.45) is 0 Å². The van der Waals surface area contributed by atoms with Crippen LogP contribution in [0, 0.1) is 0 Å². The first-order valence-corrected chi connectivity index (χ1v) is 10.8. The normalized spacial score (nSPS) is 12.3. The molecule has 0 spiro atoms. The van der Waals surface area contributed by atoms with Crippen LogP contribution in [-0.4, -0.2) is 41.8 Å². The number of aromatic amines is 1. The number of nitrogens with one attached hydrogen (secondary N) is 3. The minimum atomic E-state index is -0.864. The van der Waals surface area contributed by atoms with Gasteiger partial charge in [-0.1, -0.05) is 48.5 Å². The third-order valence-electron chi connectivity index (χ3n) is 4.77. The summed E-state index contributed by atoms with van der Waals surface area (Å²) in [5.41, 5.74) is 2.51. The van der Waals surface area contributed by atoms with Crippen molar-refractivity contribution in [1.29, 1.82) is 0 Å². The van der Waals surface area contributed by atoms with E-state index in [2.05, 4.69) is 15.6 Å². The maximum absolute atomic E-state index is 12.8. The molecule has 3 N–H and O–H groups in total. The Labute approximate surface area is 188 Å². The van der Waals surface area contributed by atoms with E-state index in [1.54, 1.807) is 20.8 Å². The van der Waals surface area contributed by atoms with E-state index in [0.717, 1.165) is 22.0 Å². The fourth-order valence-corrected chi connectivity index (χ4v) is 3.28. The summed E-state index contributed by atoms with van der Waals surface area (Å²) in [5.74, 6) is -0.316. The first kappa shape index (κ1) is 23.3. The van der Waals surface area contributed by atoms with Crippen LogP contribution in [-0.2, 0) is 27.3 Å². The first-order valence-electron chi connectivity index (χ1n) is 10.8. The molecule has 0 bridgehead atoms. The number of carbonyl (C=O) groups is 2. The number of hydrogen-bond acceptors (Lipinski definition) is 4. The van der Waals surface area contributed by atoms with Crippen molar-refractivity contribution in [1.82, 2.24) is 15.6 Å². The molecular formula is C25H31N3O4. The third kappa shape index (κ3) is 7.13. The van der Waals surface area contributed by atoms with Gasteiger partial charge in [-0.25, -0.2) is 4.79 Å². The number of aromatic nitrogens is 1. The fraction of sp³-hybridized carbons (Fsp3) is 0.360. The topological polar surface area (TPSA) is 92.4 Å². The minimum absolute atomic E-state index is 0.0348. The summed E-state index contributed by atoms with van der Waals surface area (Å²) >= 11 is 0. The highest BCUT2D eigenvalue weighted by atomic mass is 16.6. The maximum atomic E-state index is 12.8. The molecule has 0 aliphatic carbocycles. The van der Waals surface area contributed by atoms with Crippen LogP contribution in [0.15, 0.2) is 60.8 Å². The lowest BCUT2D eigenvalue weighted by Gasteiger charge is -2.23. The van der Waals surface area contributed by atoms with Gasteiger partial charge in [0.2, 0.25) is 5.91 Å². The predicted molar refractivity (Wildman–Crippen MR) is 124 cm³/mol. The average molecular weight is 438 g/mol. The largest absolute Gasteiger partial charge is 0.444 e. The van der Waals surface area contributed by atoms with Gasteiger partial charge in [0, 0.05) is 23.6 Å². The van der Waals surface area contributed by atoms with Crippen molar-refractivity contribution in [3.8, 4) is 0 Å². The van der Waals surface area contributed by atoms with Crippen molar-refractivity contribution < 1.29 is 19.1 Å². The lowest BCUT2D eigenvalue weighted by molar-refractivity contribution is -0.124. The second-order valence-corrected chi connectivity index (χ2v) is 8.60. The summed E-state index contributed by atoms with van der Waals surface area (Å²) in [7, 11) is 0. The molecule has 0 aliphatic heterocycles. The number of para-hydroxylation sites is 1. The van der Waals surface area contributed by atoms with Gasteiger partial charge in [0.05, 0.1) is 13.2 Å². The highest BCUT2D eigenvalue weighted by Gasteiger charge is 2.24. The minimum Gasteiger partial charge on any atom is -0.444 e. The lowest BCUT2D eigenvalue weighted by atomic mass is 10.1. The Morgan fingerprint density at radius 1 is 1.03 bits per heavy atom. The molecule has 1 aromatic heterocycles. The quantitative estimate of drug-likeness (QED) is 0.473. The summed E-state index contributed by atoms with van der Waals surface area (Å²) in [5, 5.41) is 6.66. The molecule has 2 aromatic carbocycles. The molecule has 0 saturated carbocycles. The zero-order chi connectivity index (χ0) is 23.0. The van der Waals surface area contributed by atoms with Crippen LogP contribution in [0.4, 0.5) is 4.79 Å². The molecule has 170 valence electrons. The van der Waals surface area contributed by atoms with Gasteiger partial charge in [-0.15, -0.1) is 0 Å². The summed E-state index contributed by atoms with van der Waals surface area (Å²) in [6.07, 6.45) is 1.97. The van der Waals surface area contributed by atoms with E-state index in [1.165, 1.54) is 0 Å². The number of hydrogen-bond donors (Lipinski definition) is 3. The van der Waals surface area contributed by atoms with Gasteiger partial charge in [-0.3, -0.25) is 4.79 Å². The van der Waals surface area contributed by atoms with Crippen molar-refractivity contribution in [3.63, 3.8) is 0 Å². The number of H-pyrrole nitrogens is 1. The number of rotatable bonds is 9. The van der Waals surface area contributed by atoms with Gasteiger partial charge in [0.15, 0.2) is 0 Å². The van der Waals surface area contributed by atoms with E-state index < -0.39 is 17.7 Å². The molecule has 1 atom stereocenters. The molecule has 3 aromatic rings. The SMILES string of the molecule is CC(C)(C)OC(=O)N[C@@H](COCc1ccccc1)C(=O)NCCc1c[nH]c2ccccc12. The molecular weight excluding hydrogens is 406 g/mol. The summed E-state index contributed by atoms with van der Waals surface area (Å²) < 4.78 is 11.0. The second-order valence-electron chi connectivity index (χ2n) is 8.60. The van der Waals surface area contributed by atoms with Crippen LogP contribution < -0.4 is 10.6 Å². The molecule has 0 radical (unpaired) electrons. The van der Waals surface area contributed by atoms with Crippen LogP contribution >= 0.6 is 0 Å². The number of benzene rings is 2. The summed E-state index contributed by atoms with van der Waals surface area (Å²) in [6.45, 7) is 6.13. The Kier molecular flexibility index (Phi) is 7.89. The molecule has 3 rings (SSSR count). The Hall–Kier alpha value is -3.32. The number of carbonyl (C=O) groups excluding carboxylic acids is 2. The van der Waals surface area contributed by atoms with Gasteiger partial charge < -0.3 is 25.1 Å². The molecule has 32 heavy (non-hydrogen) atoms. The summed E-state index contributed by atoms with van der Waals surface area (Å²) in [6, 6.07) is 16.8. The molecule has 7 nitrogen and oxygen atoms in total. The van der Waals surface area contributed by atoms with Crippen LogP contribution in [0.3, 0.4) is 0 Å². The number of fused-ring (bicyclic) bond motifs is 1. The zero-order valence-corrected chi connectivity index (χ0v) is 18.8. The Morgan fingerprint density at radius 2 is 1.75 bits per heavy atom. The monoisotopic (exact) mass is 437 g/mol. The summed E-state index contributed by atoms with van der Waals surface area (Å²) in [4.78, 5) is 28.3. The zero-order valence-electron chi connectivity index (χ0n) is 18.8. The van der Waals surface area contributed by atoms with Crippen molar-refractivity contribution in [2.75, 3.05) is 13.2 Å². The molecule has 0 aliphatic rings. The highest BCUT2D eigenvalue weighted by molar-refractivity contribution is 5.86. The predicted octanol–water partition coefficient (Wildman–Crippen LogP) is 3.94. The molecule has 0 fully saturated rings. The van der Waals surface area contributed by atoms with Gasteiger partial charge in [-0.05, 0) is 44.4 Å². The van der Waals surface area contributed by atoms with Gasteiger partial charge in [-0.2, -0.15) is 0 Å². The van der Waals surface area contributed by atoms with E-state index in [1.807, 2.05) is 60.8 Å². The van der Waals surface area contributed by atoms with Gasteiger partial charge >= 0.3 is 6.09 Å². The second kappa shape index (κ2) is 10.8. The van der Waals surface area contributed by atoms with Gasteiger partial charge in [0.25, 0.3) is 0 Å². The molecule has 1 heterocycles. The van der Waals surface area contributed by atoms with E-state index in [0.29, 0.717) is 19.6 Å². The lowest BCUT2D eigenvalue weighted by Crippen LogP contribution is -2.50. The Bertz CT molecular complexity index is 1020. The Morgan fingerprint density at radius 3 is 2.50 bits per heavy atom. The number of alkyl carbamates (subject to hydrolysis) is 1. The molecule has 0 unspecified atom stereocenters. The van der Waals surface area contributed by atoms with E-state index in [9.17, 15) is 9.59 Å². The van der Waals surface area contributed by atoms with E-state index in [4.69, 9.17) is 9.47 Å². The number of amides is 2. The standard InChI is InChI=1S/C25H31N3O4/c1-25(2,3)32-24(30)28-22(17-31-16-18-9-5-4-6-10-18)23(29)26-14-13-19-15-27-21-12-8-7-11-20(19)21/h4-12,15,22,27H,13-14,16-17H2,1-3H3,(H,26,29)(H,28,30)/t22-/m0/s1. The van der Waals surface area contributed by atoms with Crippen LogP contribution in [0.25, 0.3) is 10.9 Å². The maximum Gasteiger partial charge on any atom is 0.408 e. The number of ether oxygens (including phenoxy) is 2. The van der Waals surface area contributed by atoms with Crippen molar-refractivity contribution >= 4 is 22.9 Å². The average Bonchev–Trinajstić information content (AvgIpc) is 3.15. The fourth-order valence-electron chi connectivity index (χ4n) is 3.28. The van der Waals surface area contributed by atoms with Crippen molar-refractivity contribution in [3.05, 3.63) is 71.9 Å². The van der Waals surface area contributed by atoms with Crippen LogP contribution in [0.2, 0.25) is 0 Å². The molecule has 2 amide bonds. The van der Waals surface area contributed by atoms with Crippen molar-refractivity contribution in [2.45, 2.75) is 45.4 Å². The highest BCUT2D eigenvalue weighted by Crippen LogP contribution is 2.17.